The van der Waals surface area contributed by atoms with Crippen LogP contribution in [0.25, 0.3) is 0 Å². The summed E-state index contributed by atoms with van der Waals surface area (Å²) in [6, 6.07) is 7.27. The fourth-order valence-corrected chi connectivity index (χ4v) is 6.90. The monoisotopic (exact) mass is 450 g/mol. The number of carbonyl (C=O) groups excluding carboxylic acids is 1. The Morgan fingerprint density at radius 1 is 1.13 bits per heavy atom. The van der Waals surface area contributed by atoms with Gasteiger partial charge in [-0.2, -0.15) is 4.31 Å². The summed E-state index contributed by atoms with van der Waals surface area (Å²) in [6.07, 6.45) is 2.15. The number of nitrogens with zero attached hydrogens (tertiary/aromatic N) is 2. The first-order valence-corrected chi connectivity index (χ1v) is 12.3. The Balaban J connectivity index is 1.49. The molecule has 2 aliphatic heterocycles. The molecule has 4 rings (SSSR count). The molecule has 1 fully saturated rings. The zero-order chi connectivity index (χ0) is 21.3. The number of rotatable bonds is 5. The Labute approximate surface area is 181 Å². The number of ether oxygens (including phenoxy) is 2. The van der Waals surface area contributed by atoms with E-state index in [-0.39, 0.29) is 18.4 Å². The first-order chi connectivity index (χ1) is 14.4. The van der Waals surface area contributed by atoms with E-state index in [2.05, 4.69) is 0 Å². The number of amides is 1. The molecule has 0 saturated carbocycles. The maximum atomic E-state index is 13.3. The first-order valence-electron chi connectivity index (χ1n) is 10.00. The molecule has 9 heteroatoms. The molecule has 0 aliphatic carbocycles. The molecule has 1 aromatic heterocycles. The Hall–Kier alpha value is -2.10. The van der Waals surface area contributed by atoms with E-state index >= 15 is 0 Å². The summed E-state index contributed by atoms with van der Waals surface area (Å²) in [5.41, 5.74) is 2.20. The van der Waals surface area contributed by atoms with Crippen molar-refractivity contribution in [2.75, 3.05) is 33.9 Å². The van der Waals surface area contributed by atoms with Gasteiger partial charge in [-0.25, -0.2) is 8.42 Å². The molecule has 2 aromatic rings. The minimum Gasteiger partial charge on any atom is -0.493 e. The van der Waals surface area contributed by atoms with Crippen molar-refractivity contribution >= 4 is 27.3 Å². The Morgan fingerprint density at radius 2 is 1.87 bits per heavy atom. The Kier molecular flexibility index (Phi) is 6.04. The third kappa shape index (κ3) is 3.93. The molecule has 1 atom stereocenters. The van der Waals surface area contributed by atoms with E-state index in [4.69, 9.17) is 9.47 Å². The maximum Gasteiger partial charge on any atom is 0.252 e. The standard InChI is InChI=1S/C21H26N2O5S2/c1-27-18-11-15-7-9-22(13-17(15)12-19(18)28-2)21(24)16-5-3-8-23(14-16)30(25,26)20-6-4-10-29-20/h4,6,10-12,16H,3,5,7-9,13-14H2,1-2H3/t16-/m1/s1. The van der Waals surface area contributed by atoms with Crippen LogP contribution in [0.4, 0.5) is 0 Å². The van der Waals surface area contributed by atoms with Gasteiger partial charge in [0, 0.05) is 26.2 Å². The maximum absolute atomic E-state index is 13.3. The van der Waals surface area contributed by atoms with E-state index in [1.54, 1.807) is 31.7 Å². The minimum absolute atomic E-state index is 0.0292. The normalized spacial score (nSPS) is 19.9. The molecule has 3 heterocycles. The van der Waals surface area contributed by atoms with Crippen LogP contribution in [-0.2, 0) is 27.8 Å². The van der Waals surface area contributed by atoms with Gasteiger partial charge in [0.05, 0.1) is 20.1 Å². The molecule has 0 radical (unpaired) electrons. The summed E-state index contributed by atoms with van der Waals surface area (Å²) in [6.45, 7) is 1.83. The van der Waals surface area contributed by atoms with Crippen molar-refractivity contribution in [2.45, 2.75) is 30.0 Å². The number of fused-ring (bicyclic) bond motifs is 1. The van der Waals surface area contributed by atoms with E-state index < -0.39 is 10.0 Å². The van der Waals surface area contributed by atoms with Gasteiger partial charge in [-0.1, -0.05) is 6.07 Å². The lowest BCUT2D eigenvalue weighted by Crippen LogP contribution is -2.47. The number of sulfonamides is 1. The first kappa shape index (κ1) is 21.1. The number of carbonyl (C=O) groups is 1. The molecule has 0 spiro atoms. The van der Waals surface area contributed by atoms with Crippen LogP contribution in [0, 0.1) is 5.92 Å². The van der Waals surface area contributed by atoms with Crippen LogP contribution in [0.1, 0.15) is 24.0 Å². The highest BCUT2D eigenvalue weighted by molar-refractivity contribution is 7.91. The van der Waals surface area contributed by atoms with E-state index in [9.17, 15) is 13.2 Å². The molecule has 0 unspecified atom stereocenters. The van der Waals surface area contributed by atoms with Crippen molar-refractivity contribution in [3.05, 3.63) is 40.8 Å². The van der Waals surface area contributed by atoms with Gasteiger partial charge in [0.25, 0.3) is 10.0 Å². The second-order valence-corrected chi connectivity index (χ2v) is 10.7. The van der Waals surface area contributed by atoms with Gasteiger partial charge in [-0.05, 0) is 54.0 Å². The van der Waals surface area contributed by atoms with Gasteiger partial charge in [-0.3, -0.25) is 4.79 Å². The molecule has 7 nitrogen and oxygen atoms in total. The van der Waals surface area contributed by atoms with Gasteiger partial charge in [-0.15, -0.1) is 11.3 Å². The Bertz CT molecular complexity index is 1020. The summed E-state index contributed by atoms with van der Waals surface area (Å²) in [7, 11) is -0.320. The van der Waals surface area contributed by atoms with Crippen molar-refractivity contribution < 1.29 is 22.7 Å². The van der Waals surface area contributed by atoms with Gasteiger partial charge in [0.2, 0.25) is 5.91 Å². The lowest BCUT2D eigenvalue weighted by Gasteiger charge is -2.36. The fourth-order valence-electron chi connectivity index (χ4n) is 4.23. The van der Waals surface area contributed by atoms with Gasteiger partial charge < -0.3 is 14.4 Å². The SMILES string of the molecule is COc1cc2c(cc1OC)CN(C(=O)[C@@H]1CCCN(S(=O)(=O)c3cccs3)C1)CC2. The van der Waals surface area contributed by atoms with Crippen molar-refractivity contribution in [3.8, 4) is 11.5 Å². The molecular formula is C21H26N2O5S2. The van der Waals surface area contributed by atoms with Gasteiger partial charge in [0.15, 0.2) is 11.5 Å². The molecule has 1 aromatic carbocycles. The Morgan fingerprint density at radius 3 is 2.53 bits per heavy atom. The zero-order valence-electron chi connectivity index (χ0n) is 17.2. The van der Waals surface area contributed by atoms with E-state index in [1.165, 1.54) is 15.6 Å². The average molecular weight is 451 g/mol. The smallest absolute Gasteiger partial charge is 0.252 e. The van der Waals surface area contributed by atoms with Crippen molar-refractivity contribution in [1.82, 2.24) is 9.21 Å². The average Bonchev–Trinajstić information content (AvgIpc) is 3.33. The van der Waals surface area contributed by atoms with Crippen LogP contribution in [-0.4, -0.2) is 57.4 Å². The third-order valence-electron chi connectivity index (χ3n) is 5.85. The molecule has 30 heavy (non-hydrogen) atoms. The number of methoxy groups -OCH3 is 2. The van der Waals surface area contributed by atoms with Crippen molar-refractivity contribution in [2.24, 2.45) is 5.92 Å². The zero-order valence-corrected chi connectivity index (χ0v) is 18.8. The lowest BCUT2D eigenvalue weighted by molar-refractivity contribution is -0.137. The largest absolute Gasteiger partial charge is 0.493 e. The summed E-state index contributed by atoms with van der Waals surface area (Å²) in [4.78, 5) is 15.1. The van der Waals surface area contributed by atoms with E-state index in [0.29, 0.717) is 48.2 Å². The van der Waals surface area contributed by atoms with E-state index in [0.717, 1.165) is 17.5 Å². The van der Waals surface area contributed by atoms with Crippen LogP contribution in [0.3, 0.4) is 0 Å². The molecule has 1 amide bonds. The van der Waals surface area contributed by atoms with Crippen molar-refractivity contribution in [1.29, 1.82) is 0 Å². The molecule has 1 saturated heterocycles. The molecule has 162 valence electrons. The van der Waals surface area contributed by atoms with Gasteiger partial charge in [0.1, 0.15) is 4.21 Å². The van der Waals surface area contributed by atoms with Crippen LogP contribution >= 0.6 is 11.3 Å². The summed E-state index contributed by atoms with van der Waals surface area (Å²) in [5.74, 6) is 1.06. The highest BCUT2D eigenvalue weighted by Crippen LogP contribution is 2.34. The van der Waals surface area contributed by atoms with Crippen LogP contribution in [0.5, 0.6) is 11.5 Å². The number of thiophene rings is 1. The van der Waals surface area contributed by atoms with Crippen LogP contribution in [0.15, 0.2) is 33.9 Å². The number of hydrogen-bond acceptors (Lipinski definition) is 6. The van der Waals surface area contributed by atoms with Crippen LogP contribution < -0.4 is 9.47 Å². The highest BCUT2D eigenvalue weighted by Gasteiger charge is 2.36. The second kappa shape index (κ2) is 8.56. The highest BCUT2D eigenvalue weighted by atomic mass is 32.2. The summed E-state index contributed by atoms with van der Waals surface area (Å²) < 4.78 is 38.3. The van der Waals surface area contributed by atoms with E-state index in [1.807, 2.05) is 17.0 Å². The molecular weight excluding hydrogens is 424 g/mol. The number of piperidine rings is 1. The third-order valence-corrected chi connectivity index (χ3v) is 9.09. The minimum atomic E-state index is -3.53. The quantitative estimate of drug-likeness (QED) is 0.700. The molecule has 0 bridgehead atoms. The topological polar surface area (TPSA) is 76.2 Å². The molecule has 2 aliphatic rings. The molecule has 0 N–H and O–H groups in total. The predicted molar refractivity (Wildman–Crippen MR) is 114 cm³/mol. The lowest BCUT2D eigenvalue weighted by atomic mass is 9.94. The van der Waals surface area contributed by atoms with Crippen molar-refractivity contribution in [3.63, 3.8) is 0 Å². The van der Waals surface area contributed by atoms with Crippen LogP contribution in [0.2, 0.25) is 0 Å². The van der Waals surface area contributed by atoms with Gasteiger partial charge >= 0.3 is 0 Å². The number of benzene rings is 1. The number of hydrogen-bond donors (Lipinski definition) is 0. The second-order valence-electron chi connectivity index (χ2n) is 7.62. The summed E-state index contributed by atoms with van der Waals surface area (Å²) in [5, 5.41) is 1.76. The predicted octanol–water partition coefficient (Wildman–Crippen LogP) is 2.75. The summed E-state index contributed by atoms with van der Waals surface area (Å²) >= 11 is 1.21. The fraction of sp³-hybridized carbons (Fsp3) is 0.476.